The third kappa shape index (κ3) is 6.75. The first-order valence-electron chi connectivity index (χ1n) is 14.4. The van der Waals surface area contributed by atoms with Crippen LogP contribution in [0.25, 0.3) is 10.9 Å². The molecule has 40 heavy (non-hydrogen) atoms. The van der Waals surface area contributed by atoms with Gasteiger partial charge in [-0.1, -0.05) is 24.1 Å². The Bertz CT molecular complexity index is 1400. The lowest BCUT2D eigenvalue weighted by molar-refractivity contribution is -0.122. The van der Waals surface area contributed by atoms with E-state index < -0.39 is 0 Å². The lowest BCUT2D eigenvalue weighted by Gasteiger charge is -2.34. The number of pyridine rings is 1. The normalized spacial score (nSPS) is 16.8. The fourth-order valence-corrected chi connectivity index (χ4v) is 5.92. The molecule has 0 atom stereocenters. The molecular formula is C30H39ClN6O3. The van der Waals surface area contributed by atoms with Crippen molar-refractivity contribution < 1.29 is 9.53 Å². The van der Waals surface area contributed by atoms with Gasteiger partial charge < -0.3 is 24.4 Å². The number of halogens is 1. The molecule has 0 saturated carbocycles. The zero-order valence-electron chi connectivity index (χ0n) is 23.5. The Balaban J connectivity index is 1.25. The zero-order valence-corrected chi connectivity index (χ0v) is 24.3. The summed E-state index contributed by atoms with van der Waals surface area (Å²) in [6.45, 7) is 5.48. The minimum absolute atomic E-state index is 0.137. The fraction of sp³-hybridized carbons (Fsp3) is 0.533. The molecule has 0 aliphatic carbocycles. The standard InChI is InChI=1S/C30H39ClN6O3/c1-32-28(38)20-40-27-18-23-16-22(6-7-26(23)35(2)29(27)39)17-25-24(31)19-33-30(34-25)37-14-9-21(10-15-37)8-13-36-11-4-3-5-12-36/h6-7,16,18-19,21H,3-5,8-15,17,20H2,1-2H3,(H,32,38). The smallest absolute Gasteiger partial charge is 0.293 e. The van der Waals surface area contributed by atoms with Crippen LogP contribution in [0.2, 0.25) is 5.02 Å². The van der Waals surface area contributed by atoms with Crippen LogP contribution in [0, 0.1) is 5.92 Å². The van der Waals surface area contributed by atoms with Gasteiger partial charge in [-0.05, 0) is 81.4 Å². The quantitative estimate of drug-likeness (QED) is 0.421. The highest BCUT2D eigenvalue weighted by Gasteiger charge is 2.23. The number of aromatic nitrogens is 3. The number of carbonyl (C=O) groups is 1. The van der Waals surface area contributed by atoms with Crippen LogP contribution in [0.3, 0.4) is 0 Å². The van der Waals surface area contributed by atoms with Crippen LogP contribution >= 0.6 is 11.6 Å². The Hall–Kier alpha value is -3.17. The summed E-state index contributed by atoms with van der Waals surface area (Å²) in [6, 6.07) is 7.60. The van der Waals surface area contributed by atoms with Gasteiger partial charge in [-0.3, -0.25) is 9.59 Å². The number of amides is 1. The number of hydrogen-bond donors (Lipinski definition) is 1. The molecular weight excluding hydrogens is 528 g/mol. The number of likely N-dealkylation sites (tertiary alicyclic amines) is 1. The van der Waals surface area contributed by atoms with E-state index in [1.54, 1.807) is 19.3 Å². The second-order valence-electron chi connectivity index (χ2n) is 11.0. The second kappa shape index (κ2) is 13.0. The van der Waals surface area contributed by atoms with E-state index >= 15 is 0 Å². The number of likely N-dealkylation sites (N-methyl/N-ethyl adjacent to an activating group) is 1. The minimum atomic E-state index is -0.299. The number of benzene rings is 1. The number of nitrogens with zero attached hydrogens (tertiary/aromatic N) is 5. The number of piperidine rings is 2. The van der Waals surface area contributed by atoms with Crippen molar-refractivity contribution >= 4 is 34.4 Å². The highest BCUT2D eigenvalue weighted by atomic mass is 35.5. The van der Waals surface area contributed by atoms with Gasteiger partial charge in [-0.25, -0.2) is 9.97 Å². The van der Waals surface area contributed by atoms with E-state index in [1.165, 1.54) is 69.8 Å². The Morgan fingerprint density at radius 3 is 2.65 bits per heavy atom. The summed E-state index contributed by atoms with van der Waals surface area (Å²) < 4.78 is 7.03. The van der Waals surface area contributed by atoms with Gasteiger partial charge in [0.15, 0.2) is 12.4 Å². The van der Waals surface area contributed by atoms with Crippen LogP contribution < -0.4 is 20.5 Å². The molecule has 0 bridgehead atoms. The molecule has 2 saturated heterocycles. The Labute approximate surface area is 240 Å². The lowest BCUT2D eigenvalue weighted by atomic mass is 9.93. The van der Waals surface area contributed by atoms with E-state index in [-0.39, 0.29) is 23.8 Å². The largest absolute Gasteiger partial charge is 0.478 e. The molecule has 4 heterocycles. The molecule has 10 heteroatoms. The molecule has 9 nitrogen and oxygen atoms in total. The number of anilines is 1. The average molecular weight is 567 g/mol. The highest BCUT2D eigenvalue weighted by Crippen LogP contribution is 2.27. The number of aryl methyl sites for hydroxylation is 1. The Morgan fingerprint density at radius 2 is 1.90 bits per heavy atom. The van der Waals surface area contributed by atoms with E-state index in [0.717, 1.165) is 47.1 Å². The molecule has 3 aromatic rings. The van der Waals surface area contributed by atoms with Crippen molar-refractivity contribution in [1.82, 2.24) is 24.8 Å². The van der Waals surface area contributed by atoms with Crippen molar-refractivity contribution in [2.24, 2.45) is 13.0 Å². The summed E-state index contributed by atoms with van der Waals surface area (Å²) in [4.78, 5) is 38.6. The topological polar surface area (TPSA) is 92.6 Å². The number of hydrogen-bond acceptors (Lipinski definition) is 7. The van der Waals surface area contributed by atoms with Gasteiger partial charge in [0.1, 0.15) is 0 Å². The molecule has 214 valence electrons. The number of carbonyl (C=O) groups excluding carboxylic acids is 1. The van der Waals surface area contributed by atoms with E-state index in [4.69, 9.17) is 21.3 Å². The van der Waals surface area contributed by atoms with Crippen LogP contribution in [0.5, 0.6) is 5.75 Å². The molecule has 0 radical (unpaired) electrons. The van der Waals surface area contributed by atoms with E-state index in [0.29, 0.717) is 11.4 Å². The SMILES string of the molecule is CNC(=O)COc1cc2cc(Cc3nc(N4CCC(CCN5CCCCC5)CC4)ncc3Cl)ccc2n(C)c1=O. The van der Waals surface area contributed by atoms with Gasteiger partial charge in [-0.15, -0.1) is 0 Å². The van der Waals surface area contributed by atoms with Crippen LogP contribution in [0.15, 0.2) is 35.3 Å². The molecule has 1 N–H and O–H groups in total. The molecule has 2 fully saturated rings. The van der Waals surface area contributed by atoms with Crippen molar-refractivity contribution in [3.63, 3.8) is 0 Å². The first-order valence-corrected chi connectivity index (χ1v) is 14.7. The Morgan fingerprint density at radius 1 is 1.12 bits per heavy atom. The number of ether oxygens (including phenoxy) is 1. The van der Waals surface area contributed by atoms with Crippen molar-refractivity contribution in [3.8, 4) is 5.75 Å². The second-order valence-corrected chi connectivity index (χ2v) is 11.4. The average Bonchev–Trinajstić information content (AvgIpc) is 2.99. The van der Waals surface area contributed by atoms with Gasteiger partial charge in [0, 0.05) is 39.0 Å². The number of rotatable bonds is 9. The van der Waals surface area contributed by atoms with E-state index in [1.807, 2.05) is 18.2 Å². The Kier molecular flexibility index (Phi) is 9.22. The minimum Gasteiger partial charge on any atom is -0.478 e. The summed E-state index contributed by atoms with van der Waals surface area (Å²) in [5.41, 5.74) is 2.27. The summed E-state index contributed by atoms with van der Waals surface area (Å²) >= 11 is 6.55. The van der Waals surface area contributed by atoms with Crippen molar-refractivity contribution in [1.29, 1.82) is 0 Å². The van der Waals surface area contributed by atoms with Crippen molar-refractivity contribution in [2.75, 3.05) is 51.3 Å². The van der Waals surface area contributed by atoms with E-state index in [9.17, 15) is 9.59 Å². The van der Waals surface area contributed by atoms with Crippen molar-refractivity contribution in [2.45, 2.75) is 44.9 Å². The summed E-state index contributed by atoms with van der Waals surface area (Å²) in [5, 5.41) is 3.87. The zero-order chi connectivity index (χ0) is 28.1. The lowest BCUT2D eigenvalue weighted by Crippen LogP contribution is -2.37. The molecule has 5 rings (SSSR count). The van der Waals surface area contributed by atoms with Gasteiger partial charge in [0.2, 0.25) is 5.95 Å². The molecule has 0 spiro atoms. The summed E-state index contributed by atoms with van der Waals surface area (Å²) in [5.74, 6) is 1.34. The van der Waals surface area contributed by atoms with Gasteiger partial charge >= 0.3 is 0 Å². The van der Waals surface area contributed by atoms with Crippen LogP contribution in [0.1, 0.15) is 49.8 Å². The summed E-state index contributed by atoms with van der Waals surface area (Å²) in [7, 11) is 3.22. The molecule has 1 amide bonds. The first kappa shape index (κ1) is 28.4. The molecule has 2 aliphatic rings. The maximum Gasteiger partial charge on any atom is 0.293 e. The predicted molar refractivity (Wildman–Crippen MR) is 158 cm³/mol. The van der Waals surface area contributed by atoms with Gasteiger partial charge in [-0.2, -0.15) is 0 Å². The molecule has 1 aromatic carbocycles. The summed E-state index contributed by atoms with van der Waals surface area (Å²) in [6.07, 6.45) is 9.95. The third-order valence-electron chi connectivity index (χ3n) is 8.27. The number of nitrogens with one attached hydrogen (secondary N) is 1. The van der Waals surface area contributed by atoms with Gasteiger partial charge in [0.05, 0.1) is 22.4 Å². The van der Waals surface area contributed by atoms with Crippen LogP contribution in [-0.4, -0.2) is 71.7 Å². The third-order valence-corrected chi connectivity index (χ3v) is 8.58. The fourth-order valence-electron chi connectivity index (χ4n) is 5.76. The van der Waals surface area contributed by atoms with Crippen molar-refractivity contribution in [3.05, 3.63) is 57.1 Å². The van der Waals surface area contributed by atoms with Crippen LogP contribution in [-0.2, 0) is 18.3 Å². The predicted octanol–water partition coefficient (Wildman–Crippen LogP) is 3.79. The maximum atomic E-state index is 12.7. The molecule has 0 unspecified atom stereocenters. The highest BCUT2D eigenvalue weighted by molar-refractivity contribution is 6.31. The van der Waals surface area contributed by atoms with E-state index in [2.05, 4.69) is 20.1 Å². The number of fused-ring (bicyclic) bond motifs is 1. The maximum absolute atomic E-state index is 12.7. The molecule has 2 aromatic heterocycles. The molecule has 2 aliphatic heterocycles. The monoisotopic (exact) mass is 566 g/mol. The first-order chi connectivity index (χ1) is 19.4. The van der Waals surface area contributed by atoms with Crippen LogP contribution in [0.4, 0.5) is 5.95 Å². The van der Waals surface area contributed by atoms with Gasteiger partial charge in [0.25, 0.3) is 11.5 Å².